The van der Waals surface area contributed by atoms with Crippen molar-refractivity contribution in [1.29, 1.82) is 0 Å². The molecular formula is C40H25BN2S2. The molecule has 0 fully saturated rings. The lowest BCUT2D eigenvalue weighted by molar-refractivity contribution is 1.40. The van der Waals surface area contributed by atoms with Crippen molar-refractivity contribution in [1.82, 2.24) is 0 Å². The first-order valence-electron chi connectivity index (χ1n) is 15.3. The van der Waals surface area contributed by atoms with E-state index >= 15 is 0 Å². The van der Waals surface area contributed by atoms with Gasteiger partial charge in [-0.1, -0.05) is 115 Å². The summed E-state index contributed by atoms with van der Waals surface area (Å²) in [5.74, 6) is 0. The van der Waals surface area contributed by atoms with Crippen molar-refractivity contribution in [3.05, 3.63) is 152 Å². The molecule has 8 aromatic rings. The van der Waals surface area contributed by atoms with Crippen molar-refractivity contribution < 1.29 is 0 Å². The Morgan fingerprint density at radius 1 is 0.467 bits per heavy atom. The van der Waals surface area contributed by atoms with Crippen LogP contribution in [-0.4, -0.2) is 6.98 Å². The highest BCUT2D eigenvalue weighted by Gasteiger charge is 2.51. The lowest BCUT2D eigenvalue weighted by Gasteiger charge is -2.35. The molecule has 6 aromatic carbocycles. The number of rotatable bonds is 3. The van der Waals surface area contributed by atoms with Crippen molar-refractivity contribution in [3.8, 4) is 33.4 Å². The fourth-order valence-electron chi connectivity index (χ4n) is 7.27. The maximum atomic E-state index is 2.64. The van der Waals surface area contributed by atoms with E-state index in [9.17, 15) is 0 Å². The minimum absolute atomic E-state index is 0.00722. The Morgan fingerprint density at radius 2 is 1.04 bits per heavy atom. The predicted molar refractivity (Wildman–Crippen MR) is 196 cm³/mol. The summed E-state index contributed by atoms with van der Waals surface area (Å²) in [7, 11) is 0. The van der Waals surface area contributed by atoms with E-state index in [0.717, 1.165) is 0 Å². The summed E-state index contributed by atoms with van der Waals surface area (Å²) in [6.07, 6.45) is 0. The summed E-state index contributed by atoms with van der Waals surface area (Å²) in [6, 6.07) is 55.5. The predicted octanol–water partition coefficient (Wildman–Crippen LogP) is 11.1. The van der Waals surface area contributed by atoms with Crippen LogP contribution in [0.25, 0.3) is 53.6 Å². The van der Waals surface area contributed by atoms with Gasteiger partial charge >= 0.3 is 6.98 Å². The molecule has 0 atom stereocenters. The molecule has 0 unspecified atom stereocenters. The number of nitrogens with zero attached hydrogens (tertiary/aromatic N) is 2. The van der Waals surface area contributed by atoms with Crippen molar-refractivity contribution in [2.75, 3.05) is 9.62 Å². The van der Waals surface area contributed by atoms with Gasteiger partial charge in [0.1, 0.15) is 5.00 Å². The third-order valence-corrected chi connectivity index (χ3v) is 11.6. The molecule has 2 nitrogen and oxygen atoms in total. The lowest BCUT2D eigenvalue weighted by atomic mass is 9.64. The van der Waals surface area contributed by atoms with Crippen LogP contribution in [0.4, 0.5) is 22.1 Å². The summed E-state index contributed by atoms with van der Waals surface area (Å²) >= 11 is 3.85. The van der Waals surface area contributed by atoms with Crippen LogP contribution in [0.5, 0.6) is 0 Å². The first-order chi connectivity index (χ1) is 22.3. The second kappa shape index (κ2) is 9.70. The molecular weight excluding hydrogens is 583 g/mol. The number of anilines is 4. The maximum Gasteiger partial charge on any atom is 0.432 e. The monoisotopic (exact) mass is 608 g/mol. The van der Waals surface area contributed by atoms with E-state index in [2.05, 4.69) is 161 Å². The summed E-state index contributed by atoms with van der Waals surface area (Å²) in [4.78, 5) is 5.25. The van der Waals surface area contributed by atoms with Crippen molar-refractivity contribution in [3.63, 3.8) is 0 Å². The smallest absolute Gasteiger partial charge is 0.358 e. The zero-order valence-corrected chi connectivity index (χ0v) is 25.9. The Balaban J connectivity index is 1.31. The largest absolute Gasteiger partial charge is 0.432 e. The van der Waals surface area contributed by atoms with Gasteiger partial charge in [0.15, 0.2) is 0 Å². The molecule has 10 rings (SSSR count). The summed E-state index contributed by atoms with van der Waals surface area (Å²) in [6.45, 7) is 0.00722. The molecule has 2 aromatic heterocycles. The molecule has 0 amide bonds. The number of fused-ring (bicyclic) bond motifs is 12. The van der Waals surface area contributed by atoms with Crippen molar-refractivity contribution in [2.45, 2.75) is 0 Å². The first-order valence-corrected chi connectivity index (χ1v) is 16.9. The number of benzene rings is 6. The Labute approximate surface area is 270 Å². The Bertz CT molecular complexity index is 2350. The van der Waals surface area contributed by atoms with Gasteiger partial charge < -0.3 is 9.62 Å². The number of hydrogen-bond acceptors (Lipinski definition) is 4. The average Bonchev–Trinajstić information content (AvgIpc) is 3.78. The van der Waals surface area contributed by atoms with Gasteiger partial charge in [0.05, 0.1) is 5.69 Å². The average molecular weight is 609 g/mol. The second-order valence-corrected chi connectivity index (χ2v) is 13.8. The normalized spacial score (nSPS) is 13.2. The van der Waals surface area contributed by atoms with Gasteiger partial charge in [-0.15, -0.1) is 22.7 Å². The van der Waals surface area contributed by atoms with Crippen LogP contribution in [0.3, 0.4) is 0 Å². The molecule has 4 heterocycles. The van der Waals surface area contributed by atoms with Crippen LogP contribution < -0.4 is 14.4 Å². The first kappa shape index (κ1) is 25.3. The van der Waals surface area contributed by atoms with E-state index in [4.69, 9.17) is 0 Å². The minimum atomic E-state index is 0.00722. The van der Waals surface area contributed by atoms with Crippen LogP contribution in [0, 0.1) is 0 Å². The Morgan fingerprint density at radius 3 is 1.76 bits per heavy atom. The van der Waals surface area contributed by atoms with Gasteiger partial charge in [0.2, 0.25) is 0 Å². The van der Waals surface area contributed by atoms with Crippen LogP contribution in [0.15, 0.2) is 152 Å². The highest BCUT2D eigenvalue weighted by atomic mass is 32.1. The number of hydrogen-bond donors (Lipinski definition) is 0. The summed E-state index contributed by atoms with van der Waals surface area (Å²) in [5, 5.41) is 3.95. The third kappa shape index (κ3) is 3.69. The molecule has 45 heavy (non-hydrogen) atoms. The highest BCUT2D eigenvalue weighted by Crippen LogP contribution is 2.58. The zero-order valence-electron chi connectivity index (χ0n) is 24.2. The van der Waals surface area contributed by atoms with Crippen LogP contribution in [0.2, 0.25) is 0 Å². The molecule has 0 radical (unpaired) electrons. The fraction of sp³-hybridized carbons (Fsp3) is 0. The maximum absolute atomic E-state index is 2.64. The second-order valence-electron chi connectivity index (χ2n) is 11.7. The lowest BCUT2D eigenvalue weighted by Crippen LogP contribution is -2.54. The molecule has 0 spiro atoms. The molecule has 0 aliphatic carbocycles. The van der Waals surface area contributed by atoms with E-state index < -0.39 is 0 Å². The number of para-hydroxylation sites is 1. The molecule has 0 N–H and O–H groups in total. The van der Waals surface area contributed by atoms with Crippen LogP contribution >= 0.6 is 22.7 Å². The van der Waals surface area contributed by atoms with Crippen molar-refractivity contribution >= 4 is 76.7 Å². The quantitative estimate of drug-likeness (QED) is 0.184. The van der Waals surface area contributed by atoms with Gasteiger partial charge in [0, 0.05) is 42.1 Å². The third-order valence-electron chi connectivity index (χ3n) is 9.20. The van der Waals surface area contributed by atoms with E-state index in [1.165, 1.54) is 80.4 Å². The van der Waals surface area contributed by atoms with E-state index in [1.807, 2.05) is 22.7 Å². The molecule has 0 saturated heterocycles. The molecule has 210 valence electrons. The Kier molecular flexibility index (Phi) is 5.44. The van der Waals surface area contributed by atoms with Crippen molar-refractivity contribution in [2.24, 2.45) is 0 Å². The van der Waals surface area contributed by atoms with E-state index in [-0.39, 0.29) is 6.98 Å². The molecule has 2 aliphatic heterocycles. The van der Waals surface area contributed by atoms with Gasteiger partial charge in [-0.3, -0.25) is 0 Å². The standard InChI is InChI=1S/C40H25BN2S2/c1-3-13-26(14-4-1)28-23-29(27-15-5-2-6-16-27)25-30(24-28)42-38-33-19-9-12-22-36(33)45-40(38)43-34-20-10-7-17-31(34)37-32-18-8-11-21-35(32)44-39(37)41(42)43/h1-25H. The SMILES string of the molecule is c1ccc(-c2cc(-c3ccccc3)cc(N3B4c5sc6ccccc6c5-c5ccccc5N4c4sc5ccccc5c43)c2)cc1. The van der Waals surface area contributed by atoms with Gasteiger partial charge in [-0.25, -0.2) is 0 Å². The minimum Gasteiger partial charge on any atom is -0.358 e. The van der Waals surface area contributed by atoms with E-state index in [0.29, 0.717) is 0 Å². The van der Waals surface area contributed by atoms with E-state index in [1.54, 1.807) is 0 Å². The summed E-state index contributed by atoms with van der Waals surface area (Å²) < 4.78 is 4.05. The van der Waals surface area contributed by atoms with Gasteiger partial charge in [0.25, 0.3) is 0 Å². The molecule has 5 heteroatoms. The molecule has 0 bridgehead atoms. The molecule has 0 saturated carbocycles. The van der Waals surface area contributed by atoms with Gasteiger partial charge in [-0.05, 0) is 64.0 Å². The zero-order chi connectivity index (χ0) is 29.5. The van der Waals surface area contributed by atoms with Crippen LogP contribution in [0.1, 0.15) is 0 Å². The fourth-order valence-corrected chi connectivity index (χ4v) is 9.81. The highest BCUT2D eigenvalue weighted by molar-refractivity contribution is 7.32. The molecule has 2 aliphatic rings. The topological polar surface area (TPSA) is 6.48 Å². The Hall–Kier alpha value is -5.10. The number of thiophene rings is 2. The van der Waals surface area contributed by atoms with Crippen LogP contribution in [-0.2, 0) is 0 Å². The summed E-state index contributed by atoms with van der Waals surface area (Å²) in [5.41, 5.74) is 11.4. The van der Waals surface area contributed by atoms with Gasteiger partial charge in [-0.2, -0.15) is 0 Å².